The number of nitrogens with zero attached hydrogens (tertiary/aromatic N) is 1. The molecule has 6 heteroatoms. The second kappa shape index (κ2) is 10.6. The Labute approximate surface area is 167 Å². The lowest BCUT2D eigenvalue weighted by Crippen LogP contribution is -2.22. The van der Waals surface area contributed by atoms with Gasteiger partial charge in [0.15, 0.2) is 11.5 Å². The van der Waals surface area contributed by atoms with Gasteiger partial charge in [-0.2, -0.15) is 0 Å². The smallest absolute Gasteiger partial charge is 0.338 e. The molecule has 0 heterocycles. The first kappa shape index (κ1) is 21.6. The van der Waals surface area contributed by atoms with E-state index in [0.29, 0.717) is 22.8 Å². The SMILES string of the molecule is CCN(CC)Cc1ccc(COC(=O)c2cc(OC)c(OC)c(OC)c2)cc1. The van der Waals surface area contributed by atoms with Crippen LogP contribution in [-0.2, 0) is 17.9 Å². The standard InChI is InChI=1S/C22H29NO5/c1-6-23(7-2)14-16-8-10-17(11-9-16)15-28-22(24)18-12-19(25-3)21(27-5)20(13-18)26-4/h8-13H,6-7,14-15H2,1-5H3. The summed E-state index contributed by atoms with van der Waals surface area (Å²) in [5, 5.41) is 0. The summed E-state index contributed by atoms with van der Waals surface area (Å²) in [6, 6.07) is 11.3. The highest BCUT2D eigenvalue weighted by atomic mass is 16.5. The Balaban J connectivity index is 2.04. The molecule has 0 aliphatic heterocycles. The van der Waals surface area contributed by atoms with Crippen LogP contribution in [0.15, 0.2) is 36.4 Å². The normalized spacial score (nSPS) is 10.6. The van der Waals surface area contributed by atoms with E-state index in [1.165, 1.54) is 26.9 Å². The Hall–Kier alpha value is -2.73. The van der Waals surface area contributed by atoms with Crippen LogP contribution >= 0.6 is 0 Å². The third-order valence-electron chi connectivity index (χ3n) is 4.59. The lowest BCUT2D eigenvalue weighted by molar-refractivity contribution is 0.0472. The maximum Gasteiger partial charge on any atom is 0.338 e. The first-order valence-corrected chi connectivity index (χ1v) is 9.33. The molecule has 0 atom stereocenters. The van der Waals surface area contributed by atoms with Gasteiger partial charge in [-0.15, -0.1) is 0 Å². The molecule has 0 unspecified atom stereocenters. The zero-order chi connectivity index (χ0) is 20.5. The van der Waals surface area contributed by atoms with Gasteiger partial charge in [-0.1, -0.05) is 38.1 Å². The van der Waals surface area contributed by atoms with E-state index in [1.54, 1.807) is 12.1 Å². The van der Waals surface area contributed by atoms with Crippen molar-refractivity contribution in [1.82, 2.24) is 4.90 Å². The fourth-order valence-corrected chi connectivity index (χ4v) is 2.88. The summed E-state index contributed by atoms with van der Waals surface area (Å²) in [6.45, 7) is 7.45. The van der Waals surface area contributed by atoms with Gasteiger partial charge in [0.05, 0.1) is 26.9 Å². The fourth-order valence-electron chi connectivity index (χ4n) is 2.88. The summed E-state index contributed by atoms with van der Waals surface area (Å²) in [4.78, 5) is 14.8. The van der Waals surface area contributed by atoms with E-state index in [9.17, 15) is 4.79 Å². The summed E-state index contributed by atoms with van der Waals surface area (Å²) in [5.41, 5.74) is 2.51. The lowest BCUT2D eigenvalue weighted by Gasteiger charge is -2.18. The molecule has 0 aliphatic carbocycles. The average Bonchev–Trinajstić information content (AvgIpc) is 2.75. The van der Waals surface area contributed by atoms with Crippen LogP contribution in [0, 0.1) is 0 Å². The Morgan fingerprint density at radius 1 is 0.857 bits per heavy atom. The number of hydrogen-bond acceptors (Lipinski definition) is 6. The molecule has 0 aliphatic rings. The summed E-state index contributed by atoms with van der Waals surface area (Å²) in [6.07, 6.45) is 0. The lowest BCUT2D eigenvalue weighted by atomic mass is 10.1. The zero-order valence-corrected chi connectivity index (χ0v) is 17.3. The molecule has 2 aromatic rings. The van der Waals surface area contributed by atoms with Crippen LogP contribution in [0.4, 0.5) is 0 Å². The van der Waals surface area contributed by atoms with Crippen LogP contribution in [0.2, 0.25) is 0 Å². The van der Waals surface area contributed by atoms with Crippen LogP contribution in [0.3, 0.4) is 0 Å². The first-order chi connectivity index (χ1) is 13.6. The molecule has 2 aromatic carbocycles. The highest BCUT2D eigenvalue weighted by Gasteiger charge is 2.18. The van der Waals surface area contributed by atoms with Gasteiger partial charge in [0, 0.05) is 6.54 Å². The molecule has 0 saturated heterocycles. The third-order valence-corrected chi connectivity index (χ3v) is 4.59. The van der Waals surface area contributed by atoms with E-state index in [0.717, 1.165) is 25.2 Å². The number of esters is 1. The number of carbonyl (C=O) groups is 1. The average molecular weight is 387 g/mol. The summed E-state index contributed by atoms with van der Waals surface area (Å²) in [7, 11) is 4.53. The Morgan fingerprint density at radius 2 is 1.39 bits per heavy atom. The quantitative estimate of drug-likeness (QED) is 0.576. The second-order valence-electron chi connectivity index (χ2n) is 6.27. The molecule has 0 aromatic heterocycles. The molecule has 0 bridgehead atoms. The predicted molar refractivity (Wildman–Crippen MR) is 108 cm³/mol. The summed E-state index contributed by atoms with van der Waals surface area (Å²) < 4.78 is 21.3. The van der Waals surface area contributed by atoms with Gasteiger partial charge in [0.2, 0.25) is 5.75 Å². The van der Waals surface area contributed by atoms with E-state index in [1.807, 2.05) is 12.1 Å². The van der Waals surface area contributed by atoms with E-state index >= 15 is 0 Å². The van der Waals surface area contributed by atoms with Gasteiger partial charge in [-0.25, -0.2) is 4.79 Å². The van der Waals surface area contributed by atoms with Crippen LogP contribution < -0.4 is 14.2 Å². The number of methoxy groups -OCH3 is 3. The highest BCUT2D eigenvalue weighted by Crippen LogP contribution is 2.38. The Bertz CT molecular complexity index is 744. The van der Waals surface area contributed by atoms with Crippen molar-refractivity contribution in [2.75, 3.05) is 34.4 Å². The second-order valence-corrected chi connectivity index (χ2v) is 6.27. The number of carbonyl (C=O) groups excluding carboxylic acids is 1. The van der Waals surface area contributed by atoms with Crippen molar-refractivity contribution < 1.29 is 23.7 Å². The van der Waals surface area contributed by atoms with E-state index in [4.69, 9.17) is 18.9 Å². The Kier molecular flexibility index (Phi) is 8.14. The monoisotopic (exact) mass is 387 g/mol. The van der Waals surface area contributed by atoms with Crippen LogP contribution in [-0.4, -0.2) is 45.3 Å². The minimum atomic E-state index is -0.452. The highest BCUT2D eigenvalue weighted by molar-refractivity contribution is 5.91. The molecule has 0 radical (unpaired) electrons. The van der Waals surface area contributed by atoms with Gasteiger partial charge in [-0.3, -0.25) is 4.90 Å². The van der Waals surface area contributed by atoms with Crippen LogP contribution in [0.25, 0.3) is 0 Å². The molecular formula is C22H29NO5. The number of benzene rings is 2. The van der Waals surface area contributed by atoms with Crippen molar-refractivity contribution in [1.29, 1.82) is 0 Å². The molecule has 2 rings (SSSR count). The molecular weight excluding hydrogens is 358 g/mol. The predicted octanol–water partition coefficient (Wildman–Crippen LogP) is 3.91. The van der Waals surface area contributed by atoms with Gasteiger partial charge in [0.25, 0.3) is 0 Å². The molecule has 152 valence electrons. The molecule has 0 amide bonds. The van der Waals surface area contributed by atoms with Crippen molar-refractivity contribution in [2.24, 2.45) is 0 Å². The molecule has 0 saturated carbocycles. The number of hydrogen-bond donors (Lipinski definition) is 0. The minimum Gasteiger partial charge on any atom is -0.493 e. The zero-order valence-electron chi connectivity index (χ0n) is 17.3. The van der Waals surface area contributed by atoms with E-state index < -0.39 is 5.97 Å². The molecule has 6 nitrogen and oxygen atoms in total. The van der Waals surface area contributed by atoms with Crippen LogP contribution in [0.1, 0.15) is 35.3 Å². The summed E-state index contributed by atoms with van der Waals surface area (Å²) in [5.74, 6) is 0.806. The van der Waals surface area contributed by atoms with Gasteiger partial charge in [0.1, 0.15) is 6.61 Å². The molecule has 0 fully saturated rings. The van der Waals surface area contributed by atoms with Gasteiger partial charge >= 0.3 is 5.97 Å². The molecule has 0 spiro atoms. The Morgan fingerprint density at radius 3 is 1.86 bits per heavy atom. The molecule has 0 N–H and O–H groups in total. The van der Waals surface area contributed by atoms with Gasteiger partial charge < -0.3 is 18.9 Å². The van der Waals surface area contributed by atoms with Crippen molar-refractivity contribution in [3.8, 4) is 17.2 Å². The maximum atomic E-state index is 12.5. The van der Waals surface area contributed by atoms with Crippen LogP contribution in [0.5, 0.6) is 17.2 Å². The largest absolute Gasteiger partial charge is 0.493 e. The fraction of sp³-hybridized carbons (Fsp3) is 0.409. The van der Waals surface area contributed by atoms with E-state index in [2.05, 4.69) is 30.9 Å². The van der Waals surface area contributed by atoms with E-state index in [-0.39, 0.29) is 6.61 Å². The maximum absolute atomic E-state index is 12.5. The number of ether oxygens (including phenoxy) is 4. The van der Waals surface area contributed by atoms with Crippen molar-refractivity contribution >= 4 is 5.97 Å². The topological polar surface area (TPSA) is 57.2 Å². The van der Waals surface area contributed by atoms with Crippen molar-refractivity contribution in [3.05, 3.63) is 53.1 Å². The third kappa shape index (κ3) is 5.39. The van der Waals surface area contributed by atoms with Crippen molar-refractivity contribution in [2.45, 2.75) is 27.0 Å². The molecule has 28 heavy (non-hydrogen) atoms. The van der Waals surface area contributed by atoms with Crippen molar-refractivity contribution in [3.63, 3.8) is 0 Å². The minimum absolute atomic E-state index is 0.195. The van der Waals surface area contributed by atoms with Gasteiger partial charge in [-0.05, 0) is 36.3 Å². The number of rotatable bonds is 10. The first-order valence-electron chi connectivity index (χ1n) is 9.33. The summed E-state index contributed by atoms with van der Waals surface area (Å²) >= 11 is 0.